The van der Waals surface area contributed by atoms with E-state index in [0.29, 0.717) is 12.3 Å². The molecule has 0 radical (unpaired) electrons. The van der Waals surface area contributed by atoms with Crippen LogP contribution < -0.4 is 0 Å². The summed E-state index contributed by atoms with van der Waals surface area (Å²) in [5.41, 5.74) is 0.891. The summed E-state index contributed by atoms with van der Waals surface area (Å²) in [6.07, 6.45) is 5.85. The molecule has 0 bridgehead atoms. The summed E-state index contributed by atoms with van der Waals surface area (Å²) in [7, 11) is 4.03. The molecule has 1 atom stereocenters. The van der Waals surface area contributed by atoms with Gasteiger partial charge in [0.25, 0.3) is 0 Å². The summed E-state index contributed by atoms with van der Waals surface area (Å²) in [6, 6.07) is 0. The van der Waals surface area contributed by atoms with Crippen LogP contribution >= 0.6 is 0 Å². The maximum absolute atomic E-state index is 12.4. The smallest absolute Gasteiger partial charge is 0.228 e. The summed E-state index contributed by atoms with van der Waals surface area (Å²) in [5, 5.41) is 7.72. The first-order valence-electron chi connectivity index (χ1n) is 7.93. The third kappa shape index (κ3) is 3.26. The van der Waals surface area contributed by atoms with E-state index in [1.807, 2.05) is 11.9 Å². The first-order valence-corrected chi connectivity index (χ1v) is 7.93. The van der Waals surface area contributed by atoms with Crippen LogP contribution in [0, 0.1) is 11.8 Å². The molecule has 0 saturated carbocycles. The summed E-state index contributed by atoms with van der Waals surface area (Å²) in [6.45, 7) is 4.27. The van der Waals surface area contributed by atoms with Gasteiger partial charge in [-0.1, -0.05) is 5.21 Å². The van der Waals surface area contributed by atoms with Crippen molar-refractivity contribution < 1.29 is 4.79 Å². The number of hydrogen-bond acceptors (Lipinski definition) is 4. The van der Waals surface area contributed by atoms with Crippen molar-refractivity contribution in [3.8, 4) is 0 Å². The average Bonchev–Trinajstić information content (AvgIpc) is 3.10. The molecule has 116 valence electrons. The molecular weight excluding hydrogens is 266 g/mol. The number of nitrogens with zero attached hydrogens (tertiary/aromatic N) is 5. The highest BCUT2D eigenvalue weighted by molar-refractivity contribution is 5.78. The van der Waals surface area contributed by atoms with Gasteiger partial charge >= 0.3 is 0 Å². The predicted octanol–water partition coefficient (Wildman–Crippen LogP) is 0.548. The normalized spacial score (nSPS) is 24.7. The molecule has 2 saturated heterocycles. The Morgan fingerprint density at radius 1 is 1.19 bits per heavy atom. The molecule has 0 spiro atoms. The fraction of sp³-hybridized carbons (Fsp3) is 0.800. The standard InChI is InChI=1S/C15H25N5O/c1-18-6-3-12(4-7-18)13-5-8-20(11-13)15(21)9-14-10-16-17-19(14)2/h10,12-13H,3-9,11H2,1-2H3. The lowest BCUT2D eigenvalue weighted by atomic mass is 9.84. The number of likely N-dealkylation sites (tertiary alicyclic amines) is 2. The fourth-order valence-electron chi connectivity index (χ4n) is 3.64. The lowest BCUT2D eigenvalue weighted by Crippen LogP contribution is -2.35. The molecule has 0 N–H and O–H groups in total. The summed E-state index contributed by atoms with van der Waals surface area (Å²) in [4.78, 5) is 16.8. The molecule has 2 aliphatic heterocycles. The van der Waals surface area contributed by atoms with Crippen molar-refractivity contribution in [2.75, 3.05) is 33.2 Å². The molecule has 3 rings (SSSR count). The molecule has 1 unspecified atom stereocenters. The largest absolute Gasteiger partial charge is 0.342 e. The SMILES string of the molecule is CN1CCC(C2CCN(C(=O)Cc3cnnn3C)C2)CC1. The zero-order valence-corrected chi connectivity index (χ0v) is 13.0. The number of hydrogen-bond donors (Lipinski definition) is 0. The first kappa shape index (κ1) is 14.5. The van der Waals surface area contributed by atoms with Crippen LogP contribution in [0.15, 0.2) is 6.20 Å². The second kappa shape index (κ2) is 6.13. The van der Waals surface area contributed by atoms with E-state index in [1.165, 1.54) is 32.4 Å². The van der Waals surface area contributed by atoms with Gasteiger partial charge in [-0.2, -0.15) is 0 Å². The Morgan fingerprint density at radius 2 is 1.90 bits per heavy atom. The first-order chi connectivity index (χ1) is 10.1. The van der Waals surface area contributed by atoms with E-state index in [9.17, 15) is 4.79 Å². The Bertz CT molecular complexity index is 492. The Kier molecular flexibility index (Phi) is 4.24. The fourth-order valence-corrected chi connectivity index (χ4v) is 3.64. The molecule has 6 nitrogen and oxygen atoms in total. The Hall–Kier alpha value is -1.43. The molecule has 21 heavy (non-hydrogen) atoms. The molecule has 1 aromatic heterocycles. The van der Waals surface area contributed by atoms with Gasteiger partial charge in [-0.25, -0.2) is 0 Å². The number of piperidine rings is 1. The third-order valence-electron chi connectivity index (χ3n) is 5.15. The molecule has 0 aliphatic carbocycles. The van der Waals surface area contributed by atoms with Gasteiger partial charge in [0.2, 0.25) is 5.91 Å². The number of rotatable bonds is 3. The van der Waals surface area contributed by atoms with E-state index in [1.54, 1.807) is 10.9 Å². The predicted molar refractivity (Wildman–Crippen MR) is 79.6 cm³/mol. The van der Waals surface area contributed by atoms with Crippen LogP contribution in [0.1, 0.15) is 25.0 Å². The van der Waals surface area contributed by atoms with Crippen molar-refractivity contribution in [1.29, 1.82) is 0 Å². The minimum atomic E-state index is 0.218. The van der Waals surface area contributed by atoms with Gasteiger partial charge in [0.1, 0.15) is 0 Å². The molecule has 6 heteroatoms. The summed E-state index contributed by atoms with van der Waals surface area (Å²) >= 11 is 0. The molecule has 0 aromatic carbocycles. The van der Waals surface area contributed by atoms with E-state index in [4.69, 9.17) is 0 Å². The summed E-state index contributed by atoms with van der Waals surface area (Å²) < 4.78 is 1.68. The molecule has 3 heterocycles. The second-order valence-corrected chi connectivity index (χ2v) is 6.55. The van der Waals surface area contributed by atoms with Crippen molar-refractivity contribution in [3.05, 3.63) is 11.9 Å². The summed E-state index contributed by atoms with van der Waals surface area (Å²) in [5.74, 6) is 1.72. The molecule has 2 fully saturated rings. The van der Waals surface area contributed by atoms with E-state index in [2.05, 4.69) is 22.3 Å². The van der Waals surface area contributed by atoms with E-state index < -0.39 is 0 Å². The van der Waals surface area contributed by atoms with Crippen molar-refractivity contribution >= 4 is 5.91 Å². The topological polar surface area (TPSA) is 54.3 Å². The van der Waals surface area contributed by atoms with Crippen LogP contribution in [-0.2, 0) is 18.3 Å². The number of aryl methyl sites for hydroxylation is 1. The maximum Gasteiger partial charge on any atom is 0.228 e. The number of aromatic nitrogens is 3. The zero-order chi connectivity index (χ0) is 14.8. The molecule has 1 aromatic rings. The maximum atomic E-state index is 12.4. The molecule has 1 amide bonds. The van der Waals surface area contributed by atoms with Gasteiger partial charge in [0.15, 0.2) is 0 Å². The monoisotopic (exact) mass is 291 g/mol. The lowest BCUT2D eigenvalue weighted by Gasteiger charge is -2.32. The van der Waals surface area contributed by atoms with Crippen molar-refractivity contribution in [3.63, 3.8) is 0 Å². The van der Waals surface area contributed by atoms with Crippen molar-refractivity contribution in [1.82, 2.24) is 24.8 Å². The van der Waals surface area contributed by atoms with Crippen LogP contribution in [0.25, 0.3) is 0 Å². The highest BCUT2D eigenvalue weighted by atomic mass is 16.2. The van der Waals surface area contributed by atoms with Crippen LogP contribution in [-0.4, -0.2) is 63.9 Å². The number of amides is 1. The average molecular weight is 291 g/mol. The van der Waals surface area contributed by atoms with Gasteiger partial charge in [0.05, 0.1) is 18.3 Å². The zero-order valence-electron chi connectivity index (χ0n) is 13.0. The van der Waals surface area contributed by atoms with Crippen molar-refractivity contribution in [2.24, 2.45) is 18.9 Å². The quantitative estimate of drug-likeness (QED) is 0.816. The van der Waals surface area contributed by atoms with Crippen LogP contribution in [0.3, 0.4) is 0 Å². The molecular formula is C15H25N5O. The highest BCUT2D eigenvalue weighted by Crippen LogP contribution is 2.31. The van der Waals surface area contributed by atoms with Gasteiger partial charge < -0.3 is 9.80 Å². The van der Waals surface area contributed by atoms with Crippen LogP contribution in [0.5, 0.6) is 0 Å². The van der Waals surface area contributed by atoms with Crippen LogP contribution in [0.4, 0.5) is 0 Å². The number of carbonyl (C=O) groups excluding carboxylic acids is 1. The van der Waals surface area contributed by atoms with Gasteiger partial charge in [-0.15, -0.1) is 5.10 Å². The minimum absolute atomic E-state index is 0.218. The van der Waals surface area contributed by atoms with Gasteiger partial charge in [-0.3, -0.25) is 9.48 Å². The lowest BCUT2D eigenvalue weighted by molar-refractivity contribution is -0.129. The minimum Gasteiger partial charge on any atom is -0.342 e. The van der Waals surface area contributed by atoms with Gasteiger partial charge in [-0.05, 0) is 51.2 Å². The molecule has 2 aliphatic rings. The van der Waals surface area contributed by atoms with E-state index in [0.717, 1.165) is 24.7 Å². The number of carbonyl (C=O) groups is 1. The third-order valence-corrected chi connectivity index (χ3v) is 5.15. The van der Waals surface area contributed by atoms with Crippen molar-refractivity contribution in [2.45, 2.75) is 25.7 Å². The van der Waals surface area contributed by atoms with Gasteiger partial charge in [0, 0.05) is 20.1 Å². The highest BCUT2D eigenvalue weighted by Gasteiger charge is 2.33. The van der Waals surface area contributed by atoms with E-state index in [-0.39, 0.29) is 5.91 Å². The van der Waals surface area contributed by atoms with E-state index >= 15 is 0 Å². The Labute approximate surface area is 126 Å². The Balaban J connectivity index is 1.52. The van der Waals surface area contributed by atoms with Crippen LogP contribution in [0.2, 0.25) is 0 Å². The Morgan fingerprint density at radius 3 is 2.57 bits per heavy atom. The second-order valence-electron chi connectivity index (χ2n) is 6.55.